The fourth-order valence-electron chi connectivity index (χ4n) is 11.6. The van der Waals surface area contributed by atoms with E-state index in [4.69, 9.17) is 9.47 Å². The van der Waals surface area contributed by atoms with E-state index >= 15 is 0 Å². The molecule has 460 valence electrons. The second-order valence-corrected chi connectivity index (χ2v) is 24.5. The highest BCUT2D eigenvalue weighted by Gasteiger charge is 2.44. The van der Waals surface area contributed by atoms with Crippen LogP contribution in [-0.4, -0.2) is 98.7 Å². The molecule has 8 unspecified atom stereocenters. The smallest absolute Gasteiger partial charge is 0.249 e. The third-order valence-corrected chi connectivity index (χ3v) is 17.1. The minimum atomic E-state index is -1.59. The standard InChI is InChI=1S/C67H133NO9/c1-3-5-7-9-11-13-15-17-19-21-22-23-24-25-26-27-28-29-30-31-32-33-34-35-36-37-38-39-40-42-44-46-48-50-52-54-56-61(71)66(75)68-59(58-76-67-65(74)64(73)63(72)62(57-69)77-67)60(70)55-53-51-49-47-45-43-41-20-18-16-14-12-10-8-6-4-2/h59-65,67,69-74H,3-58H2,1-2H3,(H,68,75). The van der Waals surface area contributed by atoms with E-state index in [0.717, 1.165) is 38.5 Å². The van der Waals surface area contributed by atoms with Crippen molar-refractivity contribution in [2.45, 2.75) is 410 Å². The van der Waals surface area contributed by atoms with E-state index < -0.39 is 61.5 Å². The van der Waals surface area contributed by atoms with Crippen molar-refractivity contribution in [3.05, 3.63) is 0 Å². The van der Waals surface area contributed by atoms with Crippen molar-refractivity contribution in [3.63, 3.8) is 0 Å². The lowest BCUT2D eigenvalue weighted by Gasteiger charge is -2.40. The zero-order chi connectivity index (χ0) is 55.9. The monoisotopic (exact) mass is 1100 g/mol. The number of nitrogens with one attached hydrogen (secondary N) is 1. The van der Waals surface area contributed by atoms with Gasteiger partial charge in [-0.15, -0.1) is 0 Å². The molecule has 77 heavy (non-hydrogen) atoms. The third kappa shape index (κ3) is 45.4. The Morgan fingerprint density at radius 2 is 0.649 bits per heavy atom. The van der Waals surface area contributed by atoms with Crippen LogP contribution in [0.5, 0.6) is 0 Å². The van der Waals surface area contributed by atoms with Crippen LogP contribution in [-0.2, 0) is 14.3 Å². The molecule has 1 fully saturated rings. The second kappa shape index (κ2) is 57.0. The average Bonchev–Trinajstić information content (AvgIpc) is 3.43. The van der Waals surface area contributed by atoms with E-state index in [0.29, 0.717) is 12.8 Å². The van der Waals surface area contributed by atoms with Gasteiger partial charge in [-0.25, -0.2) is 0 Å². The van der Waals surface area contributed by atoms with Crippen LogP contribution in [0.2, 0.25) is 0 Å². The Hall–Kier alpha value is -0.850. The fourth-order valence-corrected chi connectivity index (χ4v) is 11.6. The minimum absolute atomic E-state index is 0.249. The number of hydrogen-bond donors (Lipinski definition) is 7. The van der Waals surface area contributed by atoms with Crippen molar-refractivity contribution >= 4 is 5.91 Å². The number of hydrogen-bond acceptors (Lipinski definition) is 9. The molecule has 0 aromatic rings. The molecule has 0 aliphatic carbocycles. The van der Waals surface area contributed by atoms with Crippen LogP contribution in [0.4, 0.5) is 0 Å². The first-order valence-corrected chi connectivity index (χ1v) is 34.3. The normalized spacial score (nSPS) is 19.0. The van der Waals surface area contributed by atoms with Gasteiger partial charge in [-0.2, -0.15) is 0 Å². The van der Waals surface area contributed by atoms with E-state index in [9.17, 15) is 35.4 Å². The summed E-state index contributed by atoms with van der Waals surface area (Å²) in [5, 5.41) is 65.4. The molecule has 0 aromatic carbocycles. The summed E-state index contributed by atoms with van der Waals surface area (Å²) in [7, 11) is 0. The third-order valence-electron chi connectivity index (χ3n) is 17.1. The lowest BCUT2D eigenvalue weighted by atomic mass is 9.99. The van der Waals surface area contributed by atoms with Crippen molar-refractivity contribution in [1.82, 2.24) is 5.32 Å². The van der Waals surface area contributed by atoms with Crippen LogP contribution in [0.1, 0.15) is 361 Å². The number of carbonyl (C=O) groups is 1. The Bertz CT molecular complexity index is 1190. The fraction of sp³-hybridized carbons (Fsp3) is 0.985. The molecule has 1 saturated heterocycles. The van der Waals surface area contributed by atoms with Crippen molar-refractivity contribution in [3.8, 4) is 0 Å². The number of carbonyl (C=O) groups excluding carboxylic acids is 1. The zero-order valence-corrected chi connectivity index (χ0v) is 51.1. The molecule has 8 atom stereocenters. The highest BCUT2D eigenvalue weighted by atomic mass is 16.7. The summed E-state index contributed by atoms with van der Waals surface area (Å²) in [6.45, 7) is 3.73. The Morgan fingerprint density at radius 1 is 0.390 bits per heavy atom. The van der Waals surface area contributed by atoms with Gasteiger partial charge in [-0.1, -0.05) is 348 Å². The number of unbranched alkanes of at least 4 members (excludes halogenated alkanes) is 50. The number of aliphatic hydroxyl groups is 6. The van der Waals surface area contributed by atoms with E-state index in [1.165, 1.54) is 295 Å². The summed E-state index contributed by atoms with van der Waals surface area (Å²) in [4.78, 5) is 13.2. The zero-order valence-electron chi connectivity index (χ0n) is 51.1. The first-order chi connectivity index (χ1) is 37.8. The summed E-state index contributed by atoms with van der Waals surface area (Å²) >= 11 is 0. The highest BCUT2D eigenvalue weighted by molar-refractivity contribution is 5.80. The van der Waals surface area contributed by atoms with Crippen LogP contribution in [0.3, 0.4) is 0 Å². The summed E-state index contributed by atoms with van der Waals surface area (Å²) < 4.78 is 11.3. The van der Waals surface area contributed by atoms with Crippen molar-refractivity contribution < 1.29 is 44.9 Å². The van der Waals surface area contributed by atoms with Gasteiger partial charge in [0.2, 0.25) is 5.91 Å². The van der Waals surface area contributed by atoms with Gasteiger partial charge in [0.1, 0.15) is 30.5 Å². The van der Waals surface area contributed by atoms with Crippen molar-refractivity contribution in [1.29, 1.82) is 0 Å². The Balaban J connectivity index is 2.07. The van der Waals surface area contributed by atoms with Crippen LogP contribution in [0, 0.1) is 0 Å². The van der Waals surface area contributed by atoms with E-state index in [2.05, 4.69) is 19.2 Å². The van der Waals surface area contributed by atoms with Gasteiger partial charge in [-0.05, 0) is 12.8 Å². The minimum Gasteiger partial charge on any atom is -0.394 e. The molecule has 7 N–H and O–H groups in total. The van der Waals surface area contributed by atoms with Gasteiger partial charge >= 0.3 is 0 Å². The molecule has 0 spiro atoms. The molecule has 10 heteroatoms. The highest BCUT2D eigenvalue weighted by Crippen LogP contribution is 2.24. The quantitative estimate of drug-likeness (QED) is 0.0293. The number of aliphatic hydroxyl groups excluding tert-OH is 6. The molecule has 0 aromatic heterocycles. The van der Waals surface area contributed by atoms with Crippen LogP contribution in [0.15, 0.2) is 0 Å². The number of rotatable bonds is 61. The predicted molar refractivity (Wildman–Crippen MR) is 324 cm³/mol. The summed E-state index contributed by atoms with van der Waals surface area (Å²) in [5.41, 5.74) is 0. The van der Waals surface area contributed by atoms with E-state index in [1.54, 1.807) is 0 Å². The molecule has 1 heterocycles. The topological polar surface area (TPSA) is 169 Å². The Kier molecular flexibility index (Phi) is 54.9. The van der Waals surface area contributed by atoms with Gasteiger partial charge in [0.25, 0.3) is 0 Å². The van der Waals surface area contributed by atoms with Crippen LogP contribution in [0.25, 0.3) is 0 Å². The maximum atomic E-state index is 13.2. The van der Waals surface area contributed by atoms with Gasteiger partial charge < -0.3 is 45.4 Å². The lowest BCUT2D eigenvalue weighted by Crippen LogP contribution is -2.60. The largest absolute Gasteiger partial charge is 0.394 e. The predicted octanol–water partition coefficient (Wildman–Crippen LogP) is 17.1. The number of ether oxygens (including phenoxy) is 2. The van der Waals surface area contributed by atoms with E-state index in [1.807, 2.05) is 0 Å². The van der Waals surface area contributed by atoms with Crippen LogP contribution >= 0.6 is 0 Å². The summed E-state index contributed by atoms with van der Waals surface area (Å²) in [6.07, 6.45) is 60.7. The molecule has 1 aliphatic rings. The van der Waals surface area contributed by atoms with Gasteiger partial charge in [0.15, 0.2) is 6.29 Å². The van der Waals surface area contributed by atoms with Gasteiger partial charge in [-0.3, -0.25) is 4.79 Å². The average molecular weight is 1100 g/mol. The van der Waals surface area contributed by atoms with Gasteiger partial charge in [0.05, 0.1) is 25.4 Å². The molecular weight excluding hydrogens is 963 g/mol. The second-order valence-electron chi connectivity index (χ2n) is 24.5. The van der Waals surface area contributed by atoms with Crippen molar-refractivity contribution in [2.24, 2.45) is 0 Å². The maximum absolute atomic E-state index is 13.2. The SMILES string of the molecule is CCCCCCCCCCCCCCCCCCCCCCCCCCCCCCCCCCCCCCC(O)C(=O)NC(COC1OC(CO)C(O)C(O)C1O)C(O)CCCCCCCCCCCCCCCCCC. The molecule has 1 amide bonds. The number of amides is 1. The molecule has 1 aliphatic heterocycles. The molecule has 1 rings (SSSR count). The summed E-state index contributed by atoms with van der Waals surface area (Å²) in [5.74, 6) is -0.574. The molecule has 0 radical (unpaired) electrons. The lowest BCUT2D eigenvalue weighted by molar-refractivity contribution is -0.302. The molecular formula is C67H133NO9. The molecule has 0 bridgehead atoms. The van der Waals surface area contributed by atoms with Crippen LogP contribution < -0.4 is 5.32 Å². The Labute approximate surface area is 477 Å². The van der Waals surface area contributed by atoms with Gasteiger partial charge in [0, 0.05) is 0 Å². The molecule has 10 nitrogen and oxygen atoms in total. The maximum Gasteiger partial charge on any atom is 0.249 e. The van der Waals surface area contributed by atoms with Crippen molar-refractivity contribution in [2.75, 3.05) is 13.2 Å². The summed E-state index contributed by atoms with van der Waals surface area (Å²) in [6, 6.07) is -0.890. The Morgan fingerprint density at radius 3 is 0.922 bits per heavy atom. The first-order valence-electron chi connectivity index (χ1n) is 34.3. The first kappa shape index (κ1) is 74.2. The molecule has 0 saturated carbocycles. The van der Waals surface area contributed by atoms with E-state index in [-0.39, 0.29) is 6.61 Å².